The molecule has 1 aromatic heterocycles. The zero-order valence-electron chi connectivity index (χ0n) is 9.32. The van der Waals surface area contributed by atoms with Gasteiger partial charge in [0.05, 0.1) is 18.9 Å². The van der Waals surface area contributed by atoms with Gasteiger partial charge in [-0.05, 0) is 32.9 Å². The molecule has 2 atom stereocenters. The van der Waals surface area contributed by atoms with Gasteiger partial charge in [0.25, 0.3) is 0 Å². The van der Waals surface area contributed by atoms with Gasteiger partial charge in [-0.1, -0.05) is 0 Å². The Hall–Kier alpha value is -1.29. The highest BCUT2D eigenvalue weighted by Gasteiger charge is 2.18. The van der Waals surface area contributed by atoms with Crippen LogP contribution in [0.2, 0.25) is 0 Å². The van der Waals surface area contributed by atoms with E-state index in [1.807, 2.05) is 19.1 Å². The molecule has 0 fully saturated rings. The van der Waals surface area contributed by atoms with Crippen LogP contribution in [0.15, 0.2) is 22.8 Å². The third kappa shape index (κ3) is 3.40. The smallest absolute Gasteiger partial charge is 0.322 e. The van der Waals surface area contributed by atoms with Gasteiger partial charge in [-0.2, -0.15) is 0 Å². The lowest BCUT2D eigenvalue weighted by Crippen LogP contribution is -2.36. The predicted molar refractivity (Wildman–Crippen MR) is 56.4 cm³/mol. The fraction of sp³-hybridized carbons (Fsp3) is 0.545. The molecule has 1 rings (SSSR count). The van der Waals surface area contributed by atoms with E-state index in [1.54, 1.807) is 20.1 Å². The van der Waals surface area contributed by atoms with Crippen LogP contribution >= 0.6 is 0 Å². The van der Waals surface area contributed by atoms with E-state index in [1.165, 1.54) is 0 Å². The molecule has 0 spiro atoms. The maximum atomic E-state index is 11.3. The first-order valence-corrected chi connectivity index (χ1v) is 5.11. The van der Waals surface area contributed by atoms with Crippen LogP contribution in [0.5, 0.6) is 0 Å². The zero-order chi connectivity index (χ0) is 11.3. The van der Waals surface area contributed by atoms with Gasteiger partial charge in [0.15, 0.2) is 0 Å². The topological polar surface area (TPSA) is 51.5 Å². The third-order valence-electron chi connectivity index (χ3n) is 2.11. The van der Waals surface area contributed by atoms with Crippen molar-refractivity contribution in [1.29, 1.82) is 0 Å². The van der Waals surface area contributed by atoms with Crippen molar-refractivity contribution in [2.45, 2.75) is 32.9 Å². The molecule has 1 heterocycles. The van der Waals surface area contributed by atoms with Crippen LogP contribution in [0.3, 0.4) is 0 Å². The molecule has 1 aromatic rings. The minimum absolute atomic E-state index is 0.000550. The van der Waals surface area contributed by atoms with E-state index in [0.717, 1.165) is 5.76 Å². The van der Waals surface area contributed by atoms with E-state index < -0.39 is 0 Å². The standard InChI is InChI=1S/C11H17NO3/c1-4-14-11(13)9(3)12-8(2)10-6-5-7-15-10/h5-9,12H,4H2,1-3H3. The van der Waals surface area contributed by atoms with Crippen molar-refractivity contribution in [2.24, 2.45) is 0 Å². The number of hydrogen-bond acceptors (Lipinski definition) is 4. The second-order valence-corrected chi connectivity index (χ2v) is 3.38. The number of carbonyl (C=O) groups is 1. The Morgan fingerprint density at radius 1 is 1.60 bits per heavy atom. The Morgan fingerprint density at radius 2 is 2.33 bits per heavy atom. The molecule has 0 radical (unpaired) electrons. The van der Waals surface area contributed by atoms with Gasteiger partial charge in [0, 0.05) is 0 Å². The first-order valence-electron chi connectivity index (χ1n) is 5.11. The molecule has 0 bridgehead atoms. The van der Waals surface area contributed by atoms with Gasteiger partial charge in [-0.15, -0.1) is 0 Å². The van der Waals surface area contributed by atoms with E-state index in [9.17, 15) is 4.79 Å². The highest BCUT2D eigenvalue weighted by Crippen LogP contribution is 2.12. The summed E-state index contributed by atoms with van der Waals surface area (Å²) >= 11 is 0. The maximum absolute atomic E-state index is 11.3. The number of furan rings is 1. The summed E-state index contributed by atoms with van der Waals surface area (Å²) in [5.41, 5.74) is 0. The maximum Gasteiger partial charge on any atom is 0.322 e. The summed E-state index contributed by atoms with van der Waals surface area (Å²) in [6, 6.07) is 3.36. The van der Waals surface area contributed by atoms with Gasteiger partial charge in [-0.25, -0.2) is 0 Å². The molecular weight excluding hydrogens is 194 g/mol. The summed E-state index contributed by atoms with van der Waals surface area (Å²) in [5.74, 6) is 0.571. The van der Waals surface area contributed by atoms with E-state index in [-0.39, 0.29) is 18.1 Å². The van der Waals surface area contributed by atoms with Crippen LogP contribution < -0.4 is 5.32 Å². The molecule has 15 heavy (non-hydrogen) atoms. The number of hydrogen-bond donors (Lipinski definition) is 1. The van der Waals surface area contributed by atoms with Crippen LogP contribution in [0.1, 0.15) is 32.6 Å². The van der Waals surface area contributed by atoms with Crippen LogP contribution in [-0.4, -0.2) is 18.6 Å². The predicted octanol–water partition coefficient (Wildman–Crippen LogP) is 1.88. The van der Waals surface area contributed by atoms with Crippen molar-refractivity contribution in [3.63, 3.8) is 0 Å². The Bertz CT molecular complexity index is 295. The minimum atomic E-state index is -0.329. The van der Waals surface area contributed by atoms with Gasteiger partial charge in [-0.3, -0.25) is 10.1 Å². The number of rotatable bonds is 5. The molecule has 0 aliphatic carbocycles. The SMILES string of the molecule is CCOC(=O)C(C)NC(C)c1ccco1. The Kier molecular flexibility index (Phi) is 4.37. The van der Waals surface area contributed by atoms with Crippen LogP contribution in [-0.2, 0) is 9.53 Å². The number of esters is 1. The van der Waals surface area contributed by atoms with Crippen molar-refractivity contribution >= 4 is 5.97 Å². The highest BCUT2D eigenvalue weighted by atomic mass is 16.5. The second kappa shape index (κ2) is 5.56. The molecule has 0 saturated carbocycles. The van der Waals surface area contributed by atoms with Crippen molar-refractivity contribution in [1.82, 2.24) is 5.32 Å². The molecule has 4 heteroatoms. The first-order chi connectivity index (χ1) is 7.15. The lowest BCUT2D eigenvalue weighted by molar-refractivity contribution is -0.145. The third-order valence-corrected chi connectivity index (χ3v) is 2.11. The Balaban J connectivity index is 2.44. The van der Waals surface area contributed by atoms with Gasteiger partial charge >= 0.3 is 5.97 Å². The van der Waals surface area contributed by atoms with Crippen LogP contribution in [0, 0.1) is 0 Å². The molecule has 0 aromatic carbocycles. The van der Waals surface area contributed by atoms with Crippen molar-refractivity contribution in [2.75, 3.05) is 6.61 Å². The van der Waals surface area contributed by atoms with Crippen molar-refractivity contribution in [3.05, 3.63) is 24.2 Å². The fourth-order valence-electron chi connectivity index (χ4n) is 1.33. The molecule has 4 nitrogen and oxygen atoms in total. The molecule has 0 aliphatic rings. The number of carbonyl (C=O) groups excluding carboxylic acids is 1. The summed E-state index contributed by atoms with van der Waals surface area (Å²) in [7, 11) is 0. The zero-order valence-corrected chi connectivity index (χ0v) is 9.32. The summed E-state index contributed by atoms with van der Waals surface area (Å²) in [5, 5.41) is 3.10. The van der Waals surface area contributed by atoms with Crippen LogP contribution in [0.25, 0.3) is 0 Å². The van der Waals surface area contributed by atoms with Crippen molar-refractivity contribution in [3.8, 4) is 0 Å². The molecule has 0 amide bonds. The van der Waals surface area contributed by atoms with E-state index in [0.29, 0.717) is 6.61 Å². The quantitative estimate of drug-likeness (QED) is 0.755. The normalized spacial score (nSPS) is 14.6. The Labute approximate surface area is 89.6 Å². The Morgan fingerprint density at radius 3 is 2.87 bits per heavy atom. The van der Waals surface area contributed by atoms with E-state index in [2.05, 4.69) is 5.32 Å². The average Bonchev–Trinajstić information content (AvgIpc) is 2.70. The lowest BCUT2D eigenvalue weighted by atomic mass is 10.2. The number of ether oxygens (including phenoxy) is 1. The minimum Gasteiger partial charge on any atom is -0.468 e. The van der Waals surface area contributed by atoms with Gasteiger partial charge in [0.1, 0.15) is 11.8 Å². The highest BCUT2D eigenvalue weighted by molar-refractivity contribution is 5.75. The first kappa shape index (κ1) is 11.8. The van der Waals surface area contributed by atoms with Gasteiger partial charge in [0.2, 0.25) is 0 Å². The molecule has 0 aliphatic heterocycles. The largest absolute Gasteiger partial charge is 0.468 e. The fourth-order valence-corrected chi connectivity index (χ4v) is 1.33. The average molecular weight is 211 g/mol. The van der Waals surface area contributed by atoms with Crippen LogP contribution in [0.4, 0.5) is 0 Å². The second-order valence-electron chi connectivity index (χ2n) is 3.38. The lowest BCUT2D eigenvalue weighted by Gasteiger charge is -2.16. The summed E-state index contributed by atoms with van der Waals surface area (Å²) in [6.07, 6.45) is 1.61. The summed E-state index contributed by atoms with van der Waals surface area (Å²) in [4.78, 5) is 11.3. The molecule has 1 N–H and O–H groups in total. The summed E-state index contributed by atoms with van der Waals surface area (Å²) < 4.78 is 10.1. The monoisotopic (exact) mass is 211 g/mol. The molecular formula is C11H17NO3. The molecule has 2 unspecified atom stereocenters. The molecule has 84 valence electrons. The van der Waals surface area contributed by atoms with Gasteiger partial charge < -0.3 is 9.15 Å². The summed E-state index contributed by atoms with van der Waals surface area (Å²) in [6.45, 7) is 5.91. The number of nitrogens with one attached hydrogen (secondary N) is 1. The van der Waals surface area contributed by atoms with E-state index >= 15 is 0 Å². The van der Waals surface area contributed by atoms with E-state index in [4.69, 9.17) is 9.15 Å². The molecule has 0 saturated heterocycles. The van der Waals surface area contributed by atoms with Crippen molar-refractivity contribution < 1.29 is 13.9 Å².